The molecule has 2 aromatic carbocycles. The summed E-state index contributed by atoms with van der Waals surface area (Å²) in [5, 5.41) is 1.42. The lowest BCUT2D eigenvalue weighted by Gasteiger charge is -2.21. The van der Waals surface area contributed by atoms with Crippen LogP contribution < -0.4 is 5.19 Å². The van der Waals surface area contributed by atoms with Crippen LogP contribution in [0.3, 0.4) is 0 Å². The summed E-state index contributed by atoms with van der Waals surface area (Å²) < 4.78 is 0. The molecule has 0 spiro atoms. The van der Waals surface area contributed by atoms with E-state index in [-0.39, 0.29) is 0 Å². The van der Waals surface area contributed by atoms with E-state index in [1.165, 1.54) is 21.9 Å². The predicted molar refractivity (Wildman–Crippen MR) is 109 cm³/mol. The minimum Gasteiger partial charge on any atom is -0.241 e. The van der Waals surface area contributed by atoms with Crippen LogP contribution in [0.25, 0.3) is 5.57 Å². The molecule has 3 rings (SSSR count). The zero-order valence-electron chi connectivity index (χ0n) is 15.3. The highest BCUT2D eigenvalue weighted by molar-refractivity contribution is 6.94. The van der Waals surface area contributed by atoms with Crippen molar-refractivity contribution >= 4 is 18.8 Å². The maximum absolute atomic E-state index is 4.41. The third kappa shape index (κ3) is 4.12. The molecule has 1 aromatic heterocycles. The van der Waals surface area contributed by atoms with Gasteiger partial charge in [-0.15, -0.1) is 0 Å². The second kappa shape index (κ2) is 7.15. The van der Waals surface area contributed by atoms with Crippen LogP contribution in [0, 0.1) is 13.8 Å². The van der Waals surface area contributed by atoms with Crippen molar-refractivity contribution in [3.8, 4) is 0 Å². The van der Waals surface area contributed by atoms with Gasteiger partial charge in [-0.25, -0.2) is 9.97 Å². The molecule has 0 aliphatic heterocycles. The van der Waals surface area contributed by atoms with Gasteiger partial charge in [-0.3, -0.25) is 0 Å². The molecule has 0 N–H and O–H groups in total. The monoisotopic (exact) mass is 344 g/mol. The first-order valence-corrected chi connectivity index (χ1v) is 11.7. The fourth-order valence-corrected chi connectivity index (χ4v) is 5.18. The van der Waals surface area contributed by atoms with Gasteiger partial charge in [-0.05, 0) is 25.0 Å². The molecule has 0 saturated carbocycles. The summed E-state index contributed by atoms with van der Waals surface area (Å²) in [6.07, 6.45) is 3.87. The van der Waals surface area contributed by atoms with Crippen LogP contribution in [-0.2, 0) is 0 Å². The Bertz CT molecular complexity index is 817. The molecule has 0 amide bonds. The lowest BCUT2D eigenvalue weighted by molar-refractivity contribution is 1.04. The number of hydrogen-bond donors (Lipinski definition) is 0. The van der Waals surface area contributed by atoms with Gasteiger partial charge in [0.05, 0.1) is 0 Å². The van der Waals surface area contributed by atoms with E-state index in [4.69, 9.17) is 0 Å². The molecule has 25 heavy (non-hydrogen) atoms. The van der Waals surface area contributed by atoms with E-state index in [1.54, 1.807) is 0 Å². The van der Waals surface area contributed by atoms with E-state index in [0.29, 0.717) is 0 Å². The topological polar surface area (TPSA) is 25.8 Å². The maximum atomic E-state index is 4.41. The number of nitrogens with zero attached hydrogens (tertiary/aromatic N) is 2. The van der Waals surface area contributed by atoms with Gasteiger partial charge in [0.1, 0.15) is 13.9 Å². The second-order valence-electron chi connectivity index (χ2n) is 7.03. The summed E-state index contributed by atoms with van der Waals surface area (Å²) in [7, 11) is -1.75. The molecular weight excluding hydrogens is 320 g/mol. The molecule has 0 aliphatic carbocycles. The van der Waals surface area contributed by atoms with Gasteiger partial charge >= 0.3 is 0 Å². The average molecular weight is 345 g/mol. The Morgan fingerprint density at radius 2 is 1.40 bits per heavy atom. The lowest BCUT2D eigenvalue weighted by Crippen LogP contribution is -2.39. The van der Waals surface area contributed by atoms with E-state index in [1.807, 2.05) is 19.3 Å². The van der Waals surface area contributed by atoms with Crippen molar-refractivity contribution in [2.75, 3.05) is 0 Å². The molecule has 0 aliphatic rings. The van der Waals surface area contributed by atoms with Gasteiger partial charge in [0.2, 0.25) is 0 Å². The third-order valence-corrected chi connectivity index (χ3v) is 7.31. The molecule has 3 heteroatoms. The summed E-state index contributed by atoms with van der Waals surface area (Å²) in [6, 6.07) is 19.5. The zero-order chi connectivity index (χ0) is 17.9. The van der Waals surface area contributed by atoms with Crippen molar-refractivity contribution in [3.63, 3.8) is 0 Å². The quantitative estimate of drug-likeness (QED) is 0.642. The van der Waals surface area contributed by atoms with Crippen LogP contribution in [0.2, 0.25) is 13.1 Å². The van der Waals surface area contributed by atoms with Crippen molar-refractivity contribution in [2.24, 2.45) is 0 Å². The molecule has 0 atom stereocenters. The minimum atomic E-state index is -1.75. The largest absolute Gasteiger partial charge is 0.241 e. The summed E-state index contributed by atoms with van der Waals surface area (Å²) in [4.78, 5) is 8.82. The van der Waals surface area contributed by atoms with Gasteiger partial charge in [-0.1, -0.05) is 84.1 Å². The van der Waals surface area contributed by atoms with Crippen LogP contribution in [0.4, 0.5) is 0 Å². The SMILES string of the molecule is Cc1ccc(C(=C[Si](C)(C)c2ccccc2)c2cnc(C)nc2)cc1. The Hall–Kier alpha value is -2.52. The van der Waals surface area contributed by atoms with Crippen molar-refractivity contribution in [2.45, 2.75) is 26.9 Å². The molecular formula is C22H24N2Si. The summed E-state index contributed by atoms with van der Waals surface area (Å²) in [6.45, 7) is 8.80. The normalized spacial score (nSPS) is 12.2. The summed E-state index contributed by atoms with van der Waals surface area (Å²) >= 11 is 0. The number of hydrogen-bond acceptors (Lipinski definition) is 2. The van der Waals surface area contributed by atoms with Crippen LogP contribution >= 0.6 is 0 Å². The van der Waals surface area contributed by atoms with E-state index >= 15 is 0 Å². The second-order valence-corrected chi connectivity index (χ2v) is 11.3. The lowest BCUT2D eigenvalue weighted by atomic mass is 10.0. The van der Waals surface area contributed by atoms with Gasteiger partial charge in [-0.2, -0.15) is 0 Å². The summed E-state index contributed by atoms with van der Waals surface area (Å²) in [5.41, 5.74) is 7.24. The smallest absolute Gasteiger partial charge is 0.125 e. The highest BCUT2D eigenvalue weighted by atomic mass is 28.3. The Morgan fingerprint density at radius 1 is 0.800 bits per heavy atom. The van der Waals surface area contributed by atoms with Gasteiger partial charge < -0.3 is 0 Å². The summed E-state index contributed by atoms with van der Waals surface area (Å²) in [5.74, 6) is 0.798. The first kappa shape index (κ1) is 17.3. The fourth-order valence-electron chi connectivity index (χ4n) is 2.91. The van der Waals surface area contributed by atoms with Crippen molar-refractivity contribution in [3.05, 3.63) is 95.2 Å². The molecule has 0 fully saturated rings. The first-order chi connectivity index (χ1) is 12.0. The fraction of sp³-hybridized carbons (Fsp3) is 0.182. The first-order valence-electron chi connectivity index (χ1n) is 8.60. The zero-order valence-corrected chi connectivity index (χ0v) is 16.3. The standard InChI is InChI=1S/C22H24N2Si/c1-17-10-12-19(13-11-17)22(20-14-23-18(2)24-15-20)16-25(3,4)21-8-6-5-7-9-21/h5-16H,1-4H3. The van der Waals surface area contributed by atoms with Gasteiger partial charge in [0.25, 0.3) is 0 Å². The van der Waals surface area contributed by atoms with Crippen LogP contribution in [0.1, 0.15) is 22.5 Å². The number of aryl methyl sites for hydroxylation is 2. The van der Waals surface area contributed by atoms with E-state index in [2.05, 4.69) is 90.3 Å². The maximum Gasteiger partial charge on any atom is 0.125 e. The highest BCUT2D eigenvalue weighted by Gasteiger charge is 2.22. The molecule has 0 saturated heterocycles. The van der Waals surface area contributed by atoms with Crippen molar-refractivity contribution < 1.29 is 0 Å². The highest BCUT2D eigenvalue weighted by Crippen LogP contribution is 2.25. The number of benzene rings is 2. The van der Waals surface area contributed by atoms with Crippen LogP contribution in [0.5, 0.6) is 0 Å². The van der Waals surface area contributed by atoms with Crippen molar-refractivity contribution in [1.29, 1.82) is 0 Å². The van der Waals surface area contributed by atoms with Crippen LogP contribution in [-0.4, -0.2) is 18.0 Å². The molecule has 3 aromatic rings. The Balaban J connectivity index is 2.13. The number of rotatable bonds is 4. The molecule has 0 radical (unpaired) electrons. The molecule has 0 unspecified atom stereocenters. The average Bonchev–Trinajstić information content (AvgIpc) is 2.62. The Kier molecular flexibility index (Phi) is 4.95. The molecule has 1 heterocycles. The molecule has 126 valence electrons. The van der Waals surface area contributed by atoms with E-state index in [9.17, 15) is 0 Å². The predicted octanol–water partition coefficient (Wildman–Crippen LogP) is 4.68. The minimum absolute atomic E-state index is 0.798. The van der Waals surface area contributed by atoms with Gasteiger partial charge in [0, 0.05) is 18.0 Å². The Labute approximate surface area is 151 Å². The van der Waals surface area contributed by atoms with E-state index in [0.717, 1.165) is 11.4 Å². The molecule has 0 bridgehead atoms. The van der Waals surface area contributed by atoms with Gasteiger partial charge in [0.15, 0.2) is 0 Å². The van der Waals surface area contributed by atoms with Crippen LogP contribution in [0.15, 0.2) is 72.7 Å². The molecule has 2 nitrogen and oxygen atoms in total. The van der Waals surface area contributed by atoms with E-state index < -0.39 is 8.07 Å². The third-order valence-electron chi connectivity index (χ3n) is 4.48. The van der Waals surface area contributed by atoms with Crippen molar-refractivity contribution in [1.82, 2.24) is 9.97 Å². The Morgan fingerprint density at radius 3 is 2.00 bits per heavy atom. The number of aromatic nitrogens is 2.